The van der Waals surface area contributed by atoms with Crippen molar-refractivity contribution in [3.63, 3.8) is 0 Å². The number of hydrogen-bond acceptors (Lipinski definition) is 12. The molecule has 0 bridgehead atoms. The summed E-state index contributed by atoms with van der Waals surface area (Å²) in [5, 5.41) is 66.2. The lowest BCUT2D eigenvalue weighted by molar-refractivity contribution is -0.165. The third-order valence-corrected chi connectivity index (χ3v) is 6.98. The van der Waals surface area contributed by atoms with E-state index in [1.54, 1.807) is 5.32 Å². The van der Waals surface area contributed by atoms with Gasteiger partial charge in [-0.3, -0.25) is 29.0 Å². The van der Waals surface area contributed by atoms with Gasteiger partial charge in [-0.25, -0.2) is 14.4 Å². The number of amides is 4. The topological polar surface area (TPSA) is 380 Å². The van der Waals surface area contributed by atoms with Crippen molar-refractivity contribution in [2.45, 2.75) is 62.3 Å². The number of carbonyl (C=O) groups excluding carboxylic acids is 4. The van der Waals surface area contributed by atoms with Crippen LogP contribution in [0.15, 0.2) is 28.9 Å². The summed E-state index contributed by atoms with van der Waals surface area (Å²) in [4.78, 5) is 99.1. The molecule has 22 heteroatoms. The van der Waals surface area contributed by atoms with Crippen molar-refractivity contribution < 1.29 is 73.7 Å². The third-order valence-electron chi connectivity index (χ3n) is 6.98. The number of ether oxygens (including phenoxy) is 1. The normalized spacial score (nSPS) is 17.0. The summed E-state index contributed by atoms with van der Waals surface area (Å²) in [5.41, 5.74) is 7.52. The van der Waals surface area contributed by atoms with E-state index in [4.69, 9.17) is 26.4 Å². The number of aliphatic imine (C=N–C) groups is 1. The fourth-order valence-corrected chi connectivity index (χ4v) is 4.44. The van der Waals surface area contributed by atoms with Gasteiger partial charge in [-0.2, -0.15) is 0 Å². The molecule has 4 atom stereocenters. The molecule has 51 heavy (non-hydrogen) atoms. The standard InChI is InChI=1S/C29H37N7O15/c30-28(31)32-6-1-2-14-23(42)36-16(24(43)35-14)8-13-3-4-18(37)19(9-13)51-7-5-15(25(44)45)33-20(38)11-29(50,27(48)49)12-21(39)34-17(26(46)47)10-22(40)41/h3-4,8-9,14-15,17,37,50H,1-2,5-7,10-12H2,(H,33,38)(H,34,39)(H,35,43)(H,36,42)(H,40,41)(H,44,45)(H,46,47)(H,48,49)(H4,30,31,32)/b16-8+/t14-,15-,17-,29-/m0/s1. The molecule has 1 aromatic carbocycles. The van der Waals surface area contributed by atoms with Crippen LogP contribution in [-0.2, 0) is 38.4 Å². The van der Waals surface area contributed by atoms with Gasteiger partial charge in [-0.1, -0.05) is 6.07 Å². The van der Waals surface area contributed by atoms with Gasteiger partial charge >= 0.3 is 23.9 Å². The van der Waals surface area contributed by atoms with E-state index in [0.29, 0.717) is 6.42 Å². The second-order valence-electron chi connectivity index (χ2n) is 11.1. The van der Waals surface area contributed by atoms with E-state index in [1.165, 1.54) is 24.3 Å². The van der Waals surface area contributed by atoms with Crippen molar-refractivity contribution in [3.8, 4) is 11.5 Å². The van der Waals surface area contributed by atoms with Gasteiger partial charge in [-0.15, -0.1) is 0 Å². The maximum Gasteiger partial charge on any atom is 0.336 e. The number of guanidine groups is 1. The maximum atomic E-state index is 12.6. The second-order valence-corrected chi connectivity index (χ2v) is 11.1. The molecule has 0 aromatic heterocycles. The van der Waals surface area contributed by atoms with Crippen LogP contribution in [0.3, 0.4) is 0 Å². The lowest BCUT2D eigenvalue weighted by Crippen LogP contribution is -2.54. The molecule has 1 aliphatic rings. The highest BCUT2D eigenvalue weighted by Crippen LogP contribution is 2.28. The fraction of sp³-hybridized carbons (Fsp3) is 0.414. The van der Waals surface area contributed by atoms with Gasteiger partial charge in [0.1, 0.15) is 23.8 Å². The Kier molecular flexibility index (Phi) is 14.7. The van der Waals surface area contributed by atoms with Gasteiger partial charge in [0.05, 0.1) is 25.9 Å². The van der Waals surface area contributed by atoms with Crippen LogP contribution in [0.25, 0.3) is 6.08 Å². The second kappa shape index (κ2) is 18.4. The minimum atomic E-state index is -3.15. The molecule has 4 amide bonds. The molecule has 0 spiro atoms. The summed E-state index contributed by atoms with van der Waals surface area (Å²) in [6.07, 6.45) is -2.34. The summed E-state index contributed by atoms with van der Waals surface area (Å²) < 4.78 is 5.44. The maximum absolute atomic E-state index is 12.6. The first-order chi connectivity index (χ1) is 23.8. The number of aromatic hydroxyl groups is 1. The molecule has 2 rings (SSSR count). The number of hydrogen-bond donors (Lipinski definition) is 12. The highest BCUT2D eigenvalue weighted by atomic mass is 16.5. The number of aliphatic carboxylic acids is 4. The van der Waals surface area contributed by atoms with Crippen molar-refractivity contribution in [2.24, 2.45) is 16.5 Å². The van der Waals surface area contributed by atoms with Gasteiger partial charge in [0.2, 0.25) is 17.7 Å². The average Bonchev–Trinajstić information content (AvgIpc) is 3.01. The van der Waals surface area contributed by atoms with Crippen LogP contribution in [0.5, 0.6) is 11.5 Å². The number of benzene rings is 1. The molecule has 0 saturated carbocycles. The number of piperazine rings is 1. The summed E-state index contributed by atoms with van der Waals surface area (Å²) in [6, 6.07) is -0.706. The minimum absolute atomic E-state index is 0.107. The lowest BCUT2D eigenvalue weighted by atomic mass is 9.94. The predicted octanol–water partition coefficient (Wildman–Crippen LogP) is -3.62. The number of phenols is 1. The molecule has 0 radical (unpaired) electrons. The Morgan fingerprint density at radius 2 is 1.59 bits per heavy atom. The van der Waals surface area contributed by atoms with Gasteiger partial charge in [0.15, 0.2) is 23.1 Å². The molecule has 1 aromatic rings. The summed E-state index contributed by atoms with van der Waals surface area (Å²) in [5.74, 6) is -11.6. The molecule has 1 saturated heterocycles. The largest absolute Gasteiger partial charge is 0.504 e. The van der Waals surface area contributed by atoms with Crippen molar-refractivity contribution in [2.75, 3.05) is 13.2 Å². The number of aliphatic hydroxyl groups is 1. The Morgan fingerprint density at radius 1 is 0.980 bits per heavy atom. The van der Waals surface area contributed by atoms with Crippen LogP contribution in [0, 0.1) is 0 Å². The number of phenolic OH excluding ortho intramolecular Hbond substituents is 1. The van der Waals surface area contributed by atoms with Gasteiger partial charge < -0.3 is 68.1 Å². The fourth-order valence-electron chi connectivity index (χ4n) is 4.44. The molecular formula is C29H37N7O15. The zero-order chi connectivity index (χ0) is 38.5. The molecule has 1 heterocycles. The van der Waals surface area contributed by atoms with Crippen LogP contribution in [0.1, 0.15) is 44.1 Å². The summed E-state index contributed by atoms with van der Waals surface area (Å²) >= 11 is 0. The van der Waals surface area contributed by atoms with Crippen LogP contribution in [0.4, 0.5) is 0 Å². The van der Waals surface area contributed by atoms with Crippen molar-refractivity contribution in [3.05, 3.63) is 29.5 Å². The molecule has 0 aliphatic carbocycles. The number of carbonyl (C=O) groups is 8. The first kappa shape index (κ1) is 40.7. The predicted molar refractivity (Wildman–Crippen MR) is 169 cm³/mol. The van der Waals surface area contributed by atoms with Crippen molar-refractivity contribution >= 4 is 59.5 Å². The minimum Gasteiger partial charge on any atom is -0.504 e. The van der Waals surface area contributed by atoms with Crippen LogP contribution in [-0.4, -0.2) is 121 Å². The highest BCUT2D eigenvalue weighted by Gasteiger charge is 2.42. The Labute approximate surface area is 287 Å². The van der Waals surface area contributed by atoms with E-state index in [-0.39, 0.29) is 35.9 Å². The molecule has 14 N–H and O–H groups in total. The van der Waals surface area contributed by atoms with Crippen LogP contribution in [0.2, 0.25) is 0 Å². The first-order valence-corrected chi connectivity index (χ1v) is 14.9. The zero-order valence-electron chi connectivity index (χ0n) is 26.7. The van der Waals surface area contributed by atoms with E-state index in [1.807, 2.05) is 5.32 Å². The van der Waals surface area contributed by atoms with Gasteiger partial charge in [0.25, 0.3) is 5.91 Å². The molecular weight excluding hydrogens is 686 g/mol. The van der Waals surface area contributed by atoms with Crippen LogP contribution >= 0.6 is 0 Å². The SMILES string of the molecule is NC(N)=NCCC[C@@H]1NC(=O)/C(=C\c2ccc(O)c(OCC[C@H](NC(=O)C[C@](O)(CC(=O)N[C@@H](CC(=O)O)C(=O)O)C(=O)O)C(=O)O)c2)NC1=O. The molecule has 1 fully saturated rings. The number of nitrogens with two attached hydrogens (primary N) is 2. The van der Waals surface area contributed by atoms with E-state index >= 15 is 0 Å². The molecule has 1 aliphatic heterocycles. The Morgan fingerprint density at radius 3 is 2.14 bits per heavy atom. The average molecular weight is 724 g/mol. The van der Waals surface area contributed by atoms with E-state index in [9.17, 15) is 58.8 Å². The Bertz CT molecular complexity index is 1610. The molecule has 0 unspecified atom stereocenters. The molecule has 278 valence electrons. The Balaban J connectivity index is 2.02. The van der Waals surface area contributed by atoms with Crippen molar-refractivity contribution in [1.82, 2.24) is 21.3 Å². The van der Waals surface area contributed by atoms with E-state index in [0.717, 1.165) is 0 Å². The monoisotopic (exact) mass is 723 g/mol. The lowest BCUT2D eigenvalue weighted by Gasteiger charge is -2.25. The van der Waals surface area contributed by atoms with Crippen molar-refractivity contribution in [1.29, 1.82) is 0 Å². The molecule has 22 nitrogen and oxygen atoms in total. The Hall–Kier alpha value is -6.45. The smallest absolute Gasteiger partial charge is 0.336 e. The van der Waals surface area contributed by atoms with E-state index < -0.39 is 109 Å². The summed E-state index contributed by atoms with van der Waals surface area (Å²) in [6.45, 7) is -0.208. The summed E-state index contributed by atoms with van der Waals surface area (Å²) in [7, 11) is 0. The quantitative estimate of drug-likeness (QED) is 0.0267. The van der Waals surface area contributed by atoms with Gasteiger partial charge in [0, 0.05) is 13.0 Å². The third kappa shape index (κ3) is 13.2. The zero-order valence-corrected chi connectivity index (χ0v) is 26.7. The van der Waals surface area contributed by atoms with Gasteiger partial charge in [-0.05, 0) is 36.6 Å². The number of carboxylic acid groups (broad SMARTS) is 4. The number of nitrogens with one attached hydrogen (secondary N) is 4. The van der Waals surface area contributed by atoms with E-state index in [2.05, 4.69) is 15.6 Å². The number of carboxylic acids is 4. The highest BCUT2D eigenvalue weighted by molar-refractivity contribution is 6.07. The first-order valence-electron chi connectivity index (χ1n) is 14.9. The van der Waals surface area contributed by atoms with Crippen LogP contribution < -0.4 is 37.5 Å². The number of rotatable bonds is 20. The number of nitrogens with zero attached hydrogens (tertiary/aromatic N) is 1.